The molecule has 4 heteroatoms. The molecule has 0 aromatic carbocycles. The Morgan fingerprint density at radius 3 is 2.89 bits per heavy atom. The molecule has 1 N–H and O–H groups in total. The van der Waals surface area contributed by atoms with Crippen molar-refractivity contribution < 1.29 is 9.53 Å². The lowest BCUT2D eigenvalue weighted by molar-refractivity contribution is -0.132. The SMILES string of the molecule is CNC(=O)[C@H]1CC[C@H]2OCCN(CC=C(C)C)[C@@H]2C1. The van der Waals surface area contributed by atoms with E-state index in [9.17, 15) is 4.79 Å². The number of fused-ring (bicyclic) bond motifs is 1. The number of nitrogens with zero attached hydrogens (tertiary/aromatic N) is 1. The van der Waals surface area contributed by atoms with Crippen LogP contribution < -0.4 is 5.32 Å². The van der Waals surface area contributed by atoms with Gasteiger partial charge < -0.3 is 10.1 Å². The molecule has 1 heterocycles. The Kier molecular flexibility index (Phi) is 4.99. The van der Waals surface area contributed by atoms with Crippen LogP contribution in [0.1, 0.15) is 33.1 Å². The quantitative estimate of drug-likeness (QED) is 0.788. The van der Waals surface area contributed by atoms with Crippen LogP contribution in [0.3, 0.4) is 0 Å². The van der Waals surface area contributed by atoms with Crippen molar-refractivity contribution in [2.45, 2.75) is 45.3 Å². The van der Waals surface area contributed by atoms with E-state index < -0.39 is 0 Å². The number of ether oxygens (including phenoxy) is 1. The van der Waals surface area contributed by atoms with Gasteiger partial charge in [0, 0.05) is 32.1 Å². The minimum absolute atomic E-state index is 0.155. The summed E-state index contributed by atoms with van der Waals surface area (Å²) in [5, 5.41) is 2.79. The van der Waals surface area contributed by atoms with Crippen molar-refractivity contribution in [1.29, 1.82) is 0 Å². The molecule has 1 saturated heterocycles. The van der Waals surface area contributed by atoms with E-state index in [0.29, 0.717) is 12.1 Å². The van der Waals surface area contributed by atoms with E-state index in [1.54, 1.807) is 7.05 Å². The summed E-state index contributed by atoms with van der Waals surface area (Å²) in [6.07, 6.45) is 5.48. The molecule has 0 spiro atoms. The smallest absolute Gasteiger partial charge is 0.222 e. The van der Waals surface area contributed by atoms with E-state index in [0.717, 1.165) is 39.0 Å². The van der Waals surface area contributed by atoms with E-state index in [1.165, 1.54) is 5.57 Å². The molecule has 2 rings (SSSR count). The van der Waals surface area contributed by atoms with Gasteiger partial charge in [0.15, 0.2) is 0 Å². The lowest BCUT2D eigenvalue weighted by Gasteiger charge is -2.45. The van der Waals surface area contributed by atoms with Gasteiger partial charge in [-0.3, -0.25) is 9.69 Å². The summed E-state index contributed by atoms with van der Waals surface area (Å²) in [5.74, 6) is 0.341. The van der Waals surface area contributed by atoms with Crippen LogP contribution in [0.5, 0.6) is 0 Å². The van der Waals surface area contributed by atoms with Crippen molar-refractivity contribution in [3.8, 4) is 0 Å². The van der Waals surface area contributed by atoms with Gasteiger partial charge in [0.25, 0.3) is 0 Å². The molecule has 3 atom stereocenters. The van der Waals surface area contributed by atoms with E-state index in [2.05, 4.69) is 30.1 Å². The molecule has 2 aliphatic rings. The third-order valence-electron chi connectivity index (χ3n) is 4.29. The standard InChI is InChI=1S/C15H26N2O2/c1-11(2)6-7-17-8-9-19-14-5-4-12(10-13(14)17)15(18)16-3/h6,12-14H,4-5,7-10H2,1-3H3,(H,16,18)/t12-,13+,14+/m0/s1. The van der Waals surface area contributed by atoms with Crippen molar-refractivity contribution in [2.24, 2.45) is 5.92 Å². The summed E-state index contributed by atoms with van der Waals surface area (Å²) in [7, 11) is 1.73. The number of amides is 1. The monoisotopic (exact) mass is 266 g/mol. The molecule has 1 saturated carbocycles. The summed E-state index contributed by atoms with van der Waals surface area (Å²) in [6, 6.07) is 0.403. The fourth-order valence-electron chi connectivity index (χ4n) is 3.15. The summed E-state index contributed by atoms with van der Waals surface area (Å²) in [6.45, 7) is 7.04. The molecule has 1 amide bonds. The van der Waals surface area contributed by atoms with Crippen molar-refractivity contribution >= 4 is 5.91 Å². The third kappa shape index (κ3) is 3.57. The minimum Gasteiger partial charge on any atom is -0.375 e. The summed E-state index contributed by atoms with van der Waals surface area (Å²) in [5.41, 5.74) is 1.35. The second-order valence-electron chi connectivity index (χ2n) is 5.88. The third-order valence-corrected chi connectivity index (χ3v) is 4.29. The van der Waals surface area contributed by atoms with E-state index >= 15 is 0 Å². The lowest BCUT2D eigenvalue weighted by Crippen LogP contribution is -2.55. The van der Waals surface area contributed by atoms with Crippen LogP contribution in [0, 0.1) is 5.92 Å². The van der Waals surface area contributed by atoms with Crippen LogP contribution in [-0.2, 0) is 9.53 Å². The first-order valence-corrected chi connectivity index (χ1v) is 7.32. The number of allylic oxidation sites excluding steroid dienone is 1. The van der Waals surface area contributed by atoms with Gasteiger partial charge >= 0.3 is 0 Å². The molecule has 4 nitrogen and oxygen atoms in total. The zero-order valence-electron chi connectivity index (χ0n) is 12.3. The van der Waals surface area contributed by atoms with Gasteiger partial charge in [0.1, 0.15) is 0 Å². The van der Waals surface area contributed by atoms with Crippen LogP contribution in [0.2, 0.25) is 0 Å². The number of carbonyl (C=O) groups is 1. The van der Waals surface area contributed by atoms with Gasteiger partial charge in [0.2, 0.25) is 5.91 Å². The van der Waals surface area contributed by atoms with Crippen LogP contribution in [-0.4, -0.2) is 49.7 Å². The fraction of sp³-hybridized carbons (Fsp3) is 0.800. The van der Waals surface area contributed by atoms with Gasteiger partial charge in [-0.1, -0.05) is 11.6 Å². The highest BCUT2D eigenvalue weighted by Gasteiger charge is 2.39. The number of morpholine rings is 1. The highest BCUT2D eigenvalue weighted by molar-refractivity contribution is 5.78. The predicted molar refractivity (Wildman–Crippen MR) is 75.9 cm³/mol. The Morgan fingerprint density at radius 1 is 1.42 bits per heavy atom. The normalized spacial score (nSPS) is 31.4. The Hall–Kier alpha value is -0.870. The molecule has 0 unspecified atom stereocenters. The number of rotatable bonds is 3. The van der Waals surface area contributed by atoms with Crippen LogP contribution in [0.4, 0.5) is 0 Å². The topological polar surface area (TPSA) is 41.6 Å². The van der Waals surface area contributed by atoms with E-state index in [-0.39, 0.29) is 11.8 Å². The number of hydrogen-bond acceptors (Lipinski definition) is 3. The Balaban J connectivity index is 2.01. The van der Waals surface area contributed by atoms with Crippen molar-refractivity contribution in [1.82, 2.24) is 10.2 Å². The number of carbonyl (C=O) groups excluding carboxylic acids is 1. The average molecular weight is 266 g/mol. The maximum absolute atomic E-state index is 11.8. The van der Waals surface area contributed by atoms with Crippen LogP contribution in [0.25, 0.3) is 0 Å². The molecule has 0 bridgehead atoms. The largest absolute Gasteiger partial charge is 0.375 e. The van der Waals surface area contributed by atoms with Crippen molar-refractivity contribution in [3.63, 3.8) is 0 Å². The summed E-state index contributed by atoms with van der Waals surface area (Å²) >= 11 is 0. The summed E-state index contributed by atoms with van der Waals surface area (Å²) in [4.78, 5) is 14.3. The minimum atomic E-state index is 0.155. The molecule has 0 radical (unpaired) electrons. The maximum atomic E-state index is 11.8. The fourth-order valence-corrected chi connectivity index (χ4v) is 3.15. The zero-order chi connectivity index (χ0) is 13.8. The lowest BCUT2D eigenvalue weighted by atomic mass is 9.81. The highest BCUT2D eigenvalue weighted by atomic mass is 16.5. The first-order chi connectivity index (χ1) is 9.11. The number of hydrogen-bond donors (Lipinski definition) is 1. The molecule has 1 aliphatic carbocycles. The van der Waals surface area contributed by atoms with Crippen LogP contribution >= 0.6 is 0 Å². The first-order valence-electron chi connectivity index (χ1n) is 7.32. The molecule has 0 aromatic rings. The van der Waals surface area contributed by atoms with Gasteiger partial charge in [0.05, 0.1) is 12.7 Å². The van der Waals surface area contributed by atoms with Crippen molar-refractivity contribution in [2.75, 3.05) is 26.7 Å². The van der Waals surface area contributed by atoms with E-state index in [4.69, 9.17) is 4.74 Å². The second-order valence-corrected chi connectivity index (χ2v) is 5.88. The maximum Gasteiger partial charge on any atom is 0.222 e. The highest BCUT2D eigenvalue weighted by Crippen LogP contribution is 2.32. The van der Waals surface area contributed by atoms with Gasteiger partial charge in [-0.25, -0.2) is 0 Å². The molecular formula is C15H26N2O2. The predicted octanol–water partition coefficient (Wildman–Crippen LogP) is 1.57. The molecule has 19 heavy (non-hydrogen) atoms. The summed E-state index contributed by atoms with van der Waals surface area (Å²) < 4.78 is 5.89. The van der Waals surface area contributed by atoms with Crippen molar-refractivity contribution in [3.05, 3.63) is 11.6 Å². The van der Waals surface area contributed by atoms with Gasteiger partial charge in [-0.15, -0.1) is 0 Å². The second kappa shape index (κ2) is 6.53. The first kappa shape index (κ1) is 14.5. The zero-order valence-corrected chi connectivity index (χ0v) is 12.3. The molecule has 2 fully saturated rings. The number of nitrogens with one attached hydrogen (secondary N) is 1. The Morgan fingerprint density at radius 2 is 2.21 bits per heavy atom. The molecule has 0 aromatic heterocycles. The molecule has 108 valence electrons. The van der Waals surface area contributed by atoms with Gasteiger partial charge in [-0.05, 0) is 33.1 Å². The van der Waals surface area contributed by atoms with E-state index in [1.807, 2.05) is 0 Å². The molecule has 1 aliphatic heterocycles. The van der Waals surface area contributed by atoms with Crippen LogP contribution in [0.15, 0.2) is 11.6 Å². The Bertz CT molecular complexity index is 350. The Labute approximate surface area is 116 Å². The average Bonchev–Trinajstić information content (AvgIpc) is 2.43. The molecular weight excluding hydrogens is 240 g/mol. The van der Waals surface area contributed by atoms with Gasteiger partial charge in [-0.2, -0.15) is 0 Å².